The van der Waals surface area contributed by atoms with Gasteiger partial charge in [-0.2, -0.15) is 0 Å². The molecule has 12 heavy (non-hydrogen) atoms. The fraction of sp³-hybridized carbons (Fsp3) is 0.875. The summed E-state index contributed by atoms with van der Waals surface area (Å²) in [6.07, 6.45) is 3.26. The zero-order valence-electron chi connectivity index (χ0n) is 6.99. The maximum atomic E-state index is 10.5. The standard InChI is InChI=1S/C8H15NO3/c10-5-1-2-6-3-4-7(9-6)8(11)12/h6-7,9-10H,1-5H2,(H,11,12). The predicted molar refractivity (Wildman–Crippen MR) is 43.9 cm³/mol. The van der Waals surface area contributed by atoms with Crippen LogP contribution in [0.3, 0.4) is 0 Å². The normalized spacial score (nSPS) is 29.1. The summed E-state index contributed by atoms with van der Waals surface area (Å²) in [7, 11) is 0. The predicted octanol–water partition coefficient (Wildman–Crippen LogP) is -0.0359. The number of aliphatic hydroxyl groups is 1. The Bertz CT molecular complexity index is 160. The number of hydrogen-bond acceptors (Lipinski definition) is 3. The highest BCUT2D eigenvalue weighted by atomic mass is 16.4. The molecule has 1 aliphatic heterocycles. The van der Waals surface area contributed by atoms with E-state index in [4.69, 9.17) is 10.2 Å². The highest BCUT2D eigenvalue weighted by Crippen LogP contribution is 2.16. The van der Waals surface area contributed by atoms with Gasteiger partial charge in [-0.3, -0.25) is 4.79 Å². The van der Waals surface area contributed by atoms with Gasteiger partial charge >= 0.3 is 5.97 Å². The number of aliphatic hydroxyl groups excluding tert-OH is 1. The molecule has 70 valence electrons. The van der Waals surface area contributed by atoms with Crippen molar-refractivity contribution < 1.29 is 15.0 Å². The van der Waals surface area contributed by atoms with Crippen molar-refractivity contribution >= 4 is 5.97 Å². The summed E-state index contributed by atoms with van der Waals surface area (Å²) < 4.78 is 0. The van der Waals surface area contributed by atoms with Gasteiger partial charge in [-0.1, -0.05) is 0 Å². The first-order chi connectivity index (χ1) is 5.74. The number of aliphatic carboxylic acids is 1. The average Bonchev–Trinajstić information content (AvgIpc) is 2.48. The first-order valence-corrected chi connectivity index (χ1v) is 4.33. The highest BCUT2D eigenvalue weighted by Gasteiger charge is 2.27. The smallest absolute Gasteiger partial charge is 0.320 e. The van der Waals surface area contributed by atoms with E-state index in [1.807, 2.05) is 0 Å². The third kappa shape index (κ3) is 2.46. The Morgan fingerprint density at radius 3 is 2.75 bits per heavy atom. The fourth-order valence-corrected chi connectivity index (χ4v) is 1.58. The molecule has 0 spiro atoms. The van der Waals surface area contributed by atoms with Gasteiger partial charge in [-0.15, -0.1) is 0 Å². The van der Waals surface area contributed by atoms with E-state index < -0.39 is 5.97 Å². The molecule has 0 aromatic rings. The Morgan fingerprint density at radius 1 is 1.50 bits per heavy atom. The molecular formula is C8H15NO3. The summed E-state index contributed by atoms with van der Waals surface area (Å²) in [4.78, 5) is 10.5. The molecule has 0 bridgehead atoms. The topological polar surface area (TPSA) is 69.6 Å². The van der Waals surface area contributed by atoms with Crippen molar-refractivity contribution in [2.24, 2.45) is 0 Å². The Balaban J connectivity index is 2.21. The summed E-state index contributed by atoms with van der Waals surface area (Å²) in [5.41, 5.74) is 0. The Kier molecular flexibility index (Phi) is 3.49. The molecule has 1 aliphatic rings. The third-order valence-corrected chi connectivity index (χ3v) is 2.25. The van der Waals surface area contributed by atoms with Crippen LogP contribution in [0, 0.1) is 0 Å². The largest absolute Gasteiger partial charge is 0.480 e. The molecule has 4 heteroatoms. The fourth-order valence-electron chi connectivity index (χ4n) is 1.58. The van der Waals surface area contributed by atoms with Crippen molar-refractivity contribution in [3.05, 3.63) is 0 Å². The van der Waals surface area contributed by atoms with E-state index in [1.54, 1.807) is 0 Å². The van der Waals surface area contributed by atoms with Crippen LogP contribution >= 0.6 is 0 Å². The minimum absolute atomic E-state index is 0.190. The van der Waals surface area contributed by atoms with Crippen LogP contribution in [-0.2, 0) is 4.79 Å². The molecular weight excluding hydrogens is 158 g/mol. The van der Waals surface area contributed by atoms with E-state index in [1.165, 1.54) is 0 Å². The maximum absolute atomic E-state index is 10.5. The monoisotopic (exact) mass is 173 g/mol. The molecule has 1 saturated heterocycles. The summed E-state index contributed by atoms with van der Waals surface area (Å²) in [5.74, 6) is -0.763. The van der Waals surface area contributed by atoms with Crippen LogP contribution in [0.2, 0.25) is 0 Å². The van der Waals surface area contributed by atoms with Gasteiger partial charge in [0.2, 0.25) is 0 Å². The van der Waals surface area contributed by atoms with Gasteiger partial charge < -0.3 is 15.5 Å². The van der Waals surface area contributed by atoms with E-state index in [2.05, 4.69) is 5.32 Å². The van der Waals surface area contributed by atoms with Crippen LogP contribution in [-0.4, -0.2) is 34.9 Å². The first-order valence-electron chi connectivity index (χ1n) is 4.33. The van der Waals surface area contributed by atoms with Gasteiger partial charge in [0.15, 0.2) is 0 Å². The molecule has 1 rings (SSSR count). The van der Waals surface area contributed by atoms with Crippen LogP contribution in [0.15, 0.2) is 0 Å². The number of carboxylic acids is 1. The van der Waals surface area contributed by atoms with Crippen LogP contribution in [0.25, 0.3) is 0 Å². The Labute approximate surface area is 71.6 Å². The van der Waals surface area contributed by atoms with Crippen molar-refractivity contribution in [1.82, 2.24) is 5.32 Å². The van der Waals surface area contributed by atoms with E-state index in [9.17, 15) is 4.79 Å². The molecule has 0 aromatic carbocycles. The molecule has 0 radical (unpaired) electrons. The Hall–Kier alpha value is -0.610. The molecule has 1 fully saturated rings. The number of carbonyl (C=O) groups is 1. The lowest BCUT2D eigenvalue weighted by Gasteiger charge is -2.09. The van der Waals surface area contributed by atoms with Crippen molar-refractivity contribution in [2.75, 3.05) is 6.61 Å². The molecule has 1 heterocycles. The van der Waals surface area contributed by atoms with Crippen molar-refractivity contribution in [3.63, 3.8) is 0 Å². The van der Waals surface area contributed by atoms with Gasteiger partial charge in [0.05, 0.1) is 0 Å². The van der Waals surface area contributed by atoms with Gasteiger partial charge in [0, 0.05) is 12.6 Å². The summed E-state index contributed by atoms with van der Waals surface area (Å²) in [5, 5.41) is 20.2. The molecule has 0 saturated carbocycles. The van der Waals surface area contributed by atoms with Crippen molar-refractivity contribution in [3.8, 4) is 0 Å². The lowest BCUT2D eigenvalue weighted by atomic mass is 10.1. The number of carboxylic acid groups (broad SMARTS) is 1. The Morgan fingerprint density at radius 2 is 2.25 bits per heavy atom. The SMILES string of the molecule is O=C(O)C1CCC(CCCO)N1. The molecule has 2 unspecified atom stereocenters. The van der Waals surface area contributed by atoms with Crippen LogP contribution < -0.4 is 5.32 Å². The minimum atomic E-state index is -0.763. The minimum Gasteiger partial charge on any atom is -0.480 e. The van der Waals surface area contributed by atoms with Gasteiger partial charge in [0.1, 0.15) is 6.04 Å². The van der Waals surface area contributed by atoms with Gasteiger partial charge in [-0.05, 0) is 25.7 Å². The van der Waals surface area contributed by atoms with E-state index >= 15 is 0 Å². The van der Waals surface area contributed by atoms with Crippen molar-refractivity contribution in [2.45, 2.75) is 37.8 Å². The third-order valence-electron chi connectivity index (χ3n) is 2.25. The van der Waals surface area contributed by atoms with E-state index in [-0.39, 0.29) is 12.6 Å². The number of nitrogens with one attached hydrogen (secondary N) is 1. The zero-order valence-corrected chi connectivity index (χ0v) is 6.99. The second-order valence-corrected chi connectivity index (χ2v) is 3.20. The summed E-state index contributed by atoms with van der Waals surface area (Å²) in [6.45, 7) is 0.190. The van der Waals surface area contributed by atoms with E-state index in [0.29, 0.717) is 12.5 Å². The zero-order chi connectivity index (χ0) is 8.97. The second-order valence-electron chi connectivity index (χ2n) is 3.20. The molecule has 0 amide bonds. The summed E-state index contributed by atoms with van der Waals surface area (Å²) in [6, 6.07) is -0.0769. The van der Waals surface area contributed by atoms with Crippen LogP contribution in [0.4, 0.5) is 0 Å². The molecule has 0 aromatic heterocycles. The highest BCUT2D eigenvalue weighted by molar-refractivity contribution is 5.73. The molecule has 4 nitrogen and oxygen atoms in total. The van der Waals surface area contributed by atoms with E-state index in [0.717, 1.165) is 19.3 Å². The summed E-state index contributed by atoms with van der Waals surface area (Å²) >= 11 is 0. The van der Waals surface area contributed by atoms with Crippen LogP contribution in [0.5, 0.6) is 0 Å². The second kappa shape index (κ2) is 4.42. The average molecular weight is 173 g/mol. The lowest BCUT2D eigenvalue weighted by Crippen LogP contribution is -2.35. The first kappa shape index (κ1) is 9.48. The van der Waals surface area contributed by atoms with Crippen molar-refractivity contribution in [1.29, 1.82) is 0 Å². The molecule has 0 aliphatic carbocycles. The number of hydrogen-bond donors (Lipinski definition) is 3. The van der Waals surface area contributed by atoms with Gasteiger partial charge in [-0.25, -0.2) is 0 Å². The molecule has 2 atom stereocenters. The van der Waals surface area contributed by atoms with Crippen LogP contribution in [0.1, 0.15) is 25.7 Å². The van der Waals surface area contributed by atoms with Gasteiger partial charge in [0.25, 0.3) is 0 Å². The quantitative estimate of drug-likeness (QED) is 0.558. The molecule has 3 N–H and O–H groups in total. The maximum Gasteiger partial charge on any atom is 0.320 e. The lowest BCUT2D eigenvalue weighted by molar-refractivity contribution is -0.139. The number of rotatable bonds is 4.